The molecule has 0 spiro atoms. The lowest BCUT2D eigenvalue weighted by molar-refractivity contribution is -0.147. The molecule has 1 aliphatic heterocycles. The van der Waals surface area contributed by atoms with Crippen LogP contribution in [-0.2, 0) is 19.3 Å². The molecule has 0 aliphatic carbocycles. The van der Waals surface area contributed by atoms with E-state index in [4.69, 9.17) is 5.11 Å². The Labute approximate surface area is 121 Å². The van der Waals surface area contributed by atoms with Crippen molar-refractivity contribution in [3.8, 4) is 0 Å². The molecule has 3 rings (SSSR count). The number of hydrogen-bond donors (Lipinski definition) is 1. The summed E-state index contributed by atoms with van der Waals surface area (Å²) in [7, 11) is 0. The van der Waals surface area contributed by atoms with E-state index in [9.17, 15) is 18.0 Å². The predicted octanol–water partition coefficient (Wildman–Crippen LogP) is 0.805. The van der Waals surface area contributed by atoms with Crippen LogP contribution in [-0.4, -0.2) is 42.4 Å². The van der Waals surface area contributed by atoms with Gasteiger partial charge in [0.25, 0.3) is 0 Å². The maximum Gasteiger partial charge on any atom is 0.451 e. The van der Waals surface area contributed by atoms with E-state index >= 15 is 0 Å². The minimum atomic E-state index is -4.55. The van der Waals surface area contributed by atoms with Crippen molar-refractivity contribution < 1.29 is 23.1 Å². The first-order valence-electron chi connectivity index (χ1n) is 6.16. The van der Waals surface area contributed by atoms with Crippen molar-refractivity contribution in [1.82, 2.24) is 24.7 Å². The summed E-state index contributed by atoms with van der Waals surface area (Å²) in [4.78, 5) is 20.1. The summed E-state index contributed by atoms with van der Waals surface area (Å²) in [5.41, 5.74) is -0.0664. The number of carboxylic acids is 1. The fraction of sp³-hybridized carbons (Fsp3) is 0.364. The third kappa shape index (κ3) is 2.44. The van der Waals surface area contributed by atoms with Gasteiger partial charge in [-0.25, -0.2) is 14.8 Å². The highest BCUT2D eigenvalue weighted by Gasteiger charge is 2.39. The SMILES string of the molecule is O=C(O)c1cnc(N2CCn3c(nnc3C(F)(F)F)C2)nc1. The number of fused-ring (bicyclic) bond motifs is 1. The maximum atomic E-state index is 12.7. The van der Waals surface area contributed by atoms with E-state index in [0.29, 0.717) is 0 Å². The smallest absolute Gasteiger partial charge is 0.451 e. The number of anilines is 1. The molecule has 0 radical (unpaired) electrons. The summed E-state index contributed by atoms with van der Waals surface area (Å²) in [5, 5.41) is 15.5. The van der Waals surface area contributed by atoms with Gasteiger partial charge in [0.15, 0.2) is 5.82 Å². The molecule has 0 unspecified atom stereocenters. The lowest BCUT2D eigenvalue weighted by atomic mass is 10.3. The summed E-state index contributed by atoms with van der Waals surface area (Å²) in [6.45, 7) is 0.344. The highest BCUT2D eigenvalue weighted by Crippen LogP contribution is 2.29. The van der Waals surface area contributed by atoms with Gasteiger partial charge in [0.1, 0.15) is 0 Å². The number of carbonyl (C=O) groups is 1. The molecule has 2 aromatic heterocycles. The van der Waals surface area contributed by atoms with Crippen LogP contribution in [0.25, 0.3) is 0 Å². The number of aromatic carboxylic acids is 1. The van der Waals surface area contributed by atoms with E-state index in [-0.39, 0.29) is 37.0 Å². The molecule has 1 N–H and O–H groups in total. The second-order valence-corrected chi connectivity index (χ2v) is 4.59. The Hall–Kier alpha value is -2.72. The zero-order valence-electron chi connectivity index (χ0n) is 10.9. The molecule has 0 saturated carbocycles. The van der Waals surface area contributed by atoms with E-state index in [0.717, 1.165) is 17.0 Å². The van der Waals surface area contributed by atoms with Gasteiger partial charge in [-0.15, -0.1) is 10.2 Å². The Morgan fingerprint density at radius 1 is 1.18 bits per heavy atom. The Morgan fingerprint density at radius 3 is 2.45 bits per heavy atom. The van der Waals surface area contributed by atoms with Gasteiger partial charge in [0.2, 0.25) is 11.8 Å². The third-order valence-electron chi connectivity index (χ3n) is 3.17. The van der Waals surface area contributed by atoms with Gasteiger partial charge in [-0.05, 0) is 0 Å². The van der Waals surface area contributed by atoms with Crippen molar-refractivity contribution in [2.75, 3.05) is 11.4 Å². The lowest BCUT2D eigenvalue weighted by Gasteiger charge is -2.27. The zero-order valence-corrected chi connectivity index (χ0v) is 10.9. The monoisotopic (exact) mass is 314 g/mol. The predicted molar refractivity (Wildman–Crippen MR) is 65.1 cm³/mol. The third-order valence-corrected chi connectivity index (χ3v) is 3.17. The topological polar surface area (TPSA) is 97.0 Å². The van der Waals surface area contributed by atoms with Crippen LogP contribution in [0.3, 0.4) is 0 Å². The summed E-state index contributed by atoms with van der Waals surface area (Å²) in [6, 6.07) is 0. The Bertz CT molecular complexity index is 712. The summed E-state index contributed by atoms with van der Waals surface area (Å²) >= 11 is 0. The molecule has 3 heterocycles. The molecule has 8 nitrogen and oxygen atoms in total. The highest BCUT2D eigenvalue weighted by atomic mass is 19.4. The number of rotatable bonds is 2. The van der Waals surface area contributed by atoms with Crippen molar-refractivity contribution in [2.45, 2.75) is 19.3 Å². The molecular formula is C11H9F3N6O2. The van der Waals surface area contributed by atoms with E-state index in [1.54, 1.807) is 4.90 Å². The van der Waals surface area contributed by atoms with Gasteiger partial charge in [0.05, 0.1) is 12.1 Å². The molecule has 0 bridgehead atoms. The Morgan fingerprint density at radius 2 is 1.86 bits per heavy atom. The molecule has 22 heavy (non-hydrogen) atoms. The number of alkyl halides is 3. The Balaban J connectivity index is 1.83. The van der Waals surface area contributed by atoms with Crippen LogP contribution in [0.1, 0.15) is 22.0 Å². The first-order chi connectivity index (χ1) is 10.4. The number of aromatic nitrogens is 5. The Kier molecular flexibility index (Phi) is 3.19. The molecule has 2 aromatic rings. The molecule has 11 heteroatoms. The van der Waals surface area contributed by atoms with E-state index in [2.05, 4.69) is 20.2 Å². The molecule has 1 aliphatic rings. The van der Waals surface area contributed by atoms with E-state index in [1.807, 2.05) is 0 Å². The standard InChI is InChI=1S/C11H9F3N6O2/c12-11(13,14)9-18-17-7-5-19(1-2-20(7)9)10-15-3-6(4-16-10)8(21)22/h3-4H,1-2,5H2,(H,21,22). The molecule has 0 saturated heterocycles. The van der Waals surface area contributed by atoms with E-state index in [1.165, 1.54) is 0 Å². The second kappa shape index (κ2) is 4.93. The molecule has 0 amide bonds. The van der Waals surface area contributed by atoms with Crippen molar-refractivity contribution in [3.05, 3.63) is 29.6 Å². The summed E-state index contributed by atoms with van der Waals surface area (Å²) < 4.78 is 39.2. The van der Waals surface area contributed by atoms with E-state index < -0.39 is 18.0 Å². The lowest BCUT2D eigenvalue weighted by Crippen LogP contribution is -2.36. The van der Waals surface area contributed by atoms with Crippen LogP contribution in [0.15, 0.2) is 12.4 Å². The molecular weight excluding hydrogens is 305 g/mol. The highest BCUT2D eigenvalue weighted by molar-refractivity contribution is 5.86. The fourth-order valence-corrected chi connectivity index (χ4v) is 2.13. The molecule has 0 atom stereocenters. The second-order valence-electron chi connectivity index (χ2n) is 4.59. The molecule has 116 valence electrons. The molecule has 0 fully saturated rings. The number of nitrogens with zero attached hydrogens (tertiary/aromatic N) is 6. The van der Waals surface area contributed by atoms with Crippen molar-refractivity contribution in [3.63, 3.8) is 0 Å². The van der Waals surface area contributed by atoms with Crippen LogP contribution in [0.4, 0.5) is 19.1 Å². The van der Waals surface area contributed by atoms with Crippen molar-refractivity contribution in [2.24, 2.45) is 0 Å². The van der Waals surface area contributed by atoms with Crippen LogP contribution in [0, 0.1) is 0 Å². The van der Waals surface area contributed by atoms with Gasteiger partial charge in [-0.1, -0.05) is 0 Å². The first-order valence-corrected chi connectivity index (χ1v) is 6.16. The number of halogens is 3. The largest absolute Gasteiger partial charge is 0.478 e. The number of carboxylic acid groups (broad SMARTS) is 1. The zero-order chi connectivity index (χ0) is 15.9. The first kappa shape index (κ1) is 14.2. The summed E-state index contributed by atoms with van der Waals surface area (Å²) in [5.74, 6) is -1.79. The van der Waals surface area contributed by atoms with Gasteiger partial charge in [-0.2, -0.15) is 13.2 Å². The van der Waals surface area contributed by atoms with Crippen LogP contribution >= 0.6 is 0 Å². The minimum absolute atomic E-state index is 0.0429. The average Bonchev–Trinajstić information content (AvgIpc) is 2.90. The van der Waals surface area contributed by atoms with Gasteiger partial charge in [0, 0.05) is 25.5 Å². The van der Waals surface area contributed by atoms with Crippen LogP contribution < -0.4 is 4.90 Å². The quantitative estimate of drug-likeness (QED) is 0.876. The molecule has 0 aromatic carbocycles. The fourth-order valence-electron chi connectivity index (χ4n) is 2.13. The normalized spacial score (nSPS) is 14.8. The maximum absolute atomic E-state index is 12.7. The number of hydrogen-bond acceptors (Lipinski definition) is 6. The van der Waals surface area contributed by atoms with Crippen LogP contribution in [0.2, 0.25) is 0 Å². The minimum Gasteiger partial charge on any atom is -0.478 e. The van der Waals surface area contributed by atoms with Crippen LogP contribution in [0.5, 0.6) is 0 Å². The van der Waals surface area contributed by atoms with Gasteiger partial charge < -0.3 is 14.6 Å². The average molecular weight is 314 g/mol. The van der Waals surface area contributed by atoms with Crippen molar-refractivity contribution in [1.29, 1.82) is 0 Å². The van der Waals surface area contributed by atoms with Crippen molar-refractivity contribution >= 4 is 11.9 Å². The summed E-state index contributed by atoms with van der Waals surface area (Å²) in [6.07, 6.45) is -2.26. The van der Waals surface area contributed by atoms with Gasteiger partial charge in [-0.3, -0.25) is 0 Å². The van der Waals surface area contributed by atoms with Gasteiger partial charge >= 0.3 is 12.1 Å².